The maximum atomic E-state index is 12.6. The molecule has 1 aromatic rings. The van der Waals surface area contributed by atoms with Crippen molar-refractivity contribution < 1.29 is 13.2 Å². The molecule has 0 radical (unpaired) electrons. The Morgan fingerprint density at radius 2 is 2.00 bits per heavy atom. The van der Waals surface area contributed by atoms with Crippen molar-refractivity contribution >= 4 is 27.6 Å². The summed E-state index contributed by atoms with van der Waals surface area (Å²) in [7, 11) is -1.60. The highest BCUT2D eigenvalue weighted by molar-refractivity contribution is 7.99. The van der Waals surface area contributed by atoms with Crippen LogP contribution in [0.3, 0.4) is 0 Å². The Bertz CT molecular complexity index is 832. The second-order valence-corrected chi connectivity index (χ2v) is 8.85. The van der Waals surface area contributed by atoms with E-state index in [4.69, 9.17) is 11.0 Å². The van der Waals surface area contributed by atoms with Gasteiger partial charge in [-0.1, -0.05) is 11.8 Å². The first-order valence-corrected chi connectivity index (χ1v) is 10.4. The highest BCUT2D eigenvalue weighted by atomic mass is 32.2. The van der Waals surface area contributed by atoms with Crippen LogP contribution in [-0.4, -0.2) is 67.4 Å². The number of pyridine rings is 1. The molecule has 2 rings (SSSR count). The topological polar surface area (TPSA) is 120 Å². The van der Waals surface area contributed by atoms with Gasteiger partial charge in [-0.3, -0.25) is 4.79 Å². The number of hydrogen-bond acceptors (Lipinski definition) is 8. The molecule has 1 fully saturated rings. The van der Waals surface area contributed by atoms with E-state index in [0.29, 0.717) is 31.2 Å². The van der Waals surface area contributed by atoms with Crippen molar-refractivity contribution in [1.82, 2.24) is 14.2 Å². The first-order chi connectivity index (χ1) is 12.3. The van der Waals surface area contributed by atoms with Crippen molar-refractivity contribution in [3.8, 4) is 6.07 Å². The molecule has 1 saturated heterocycles. The van der Waals surface area contributed by atoms with Gasteiger partial charge in [-0.05, 0) is 26.1 Å². The number of likely N-dealkylation sites (N-methyl/N-ethyl adjacent to an activating group) is 1. The number of ketones is 1. The van der Waals surface area contributed by atoms with Crippen LogP contribution in [0.1, 0.15) is 6.92 Å². The zero-order valence-electron chi connectivity index (χ0n) is 14.7. The molecule has 0 spiro atoms. The van der Waals surface area contributed by atoms with E-state index in [1.807, 2.05) is 7.05 Å². The molecule has 0 atom stereocenters. The second kappa shape index (κ2) is 8.64. The van der Waals surface area contributed by atoms with Crippen molar-refractivity contribution in [3.05, 3.63) is 29.6 Å². The van der Waals surface area contributed by atoms with E-state index in [1.165, 1.54) is 23.5 Å². The predicted molar refractivity (Wildman–Crippen MR) is 98.7 cm³/mol. The van der Waals surface area contributed by atoms with E-state index in [-0.39, 0.29) is 27.7 Å². The van der Waals surface area contributed by atoms with Crippen molar-refractivity contribution in [3.63, 3.8) is 0 Å². The van der Waals surface area contributed by atoms with Crippen LogP contribution in [0.2, 0.25) is 0 Å². The SMILES string of the molecule is C/C(N)=C(/C#N)C(=O)CSc1ccc(S(=O)(=O)N2CCN(C)CC2)cn1. The Hall–Kier alpha value is -1.93. The van der Waals surface area contributed by atoms with Crippen molar-refractivity contribution in [2.75, 3.05) is 39.0 Å². The lowest BCUT2D eigenvalue weighted by molar-refractivity contribution is -0.112. The summed E-state index contributed by atoms with van der Waals surface area (Å²) in [4.78, 5) is 18.3. The Kier molecular flexibility index (Phi) is 6.77. The number of nitrogens with zero attached hydrogens (tertiary/aromatic N) is 4. The Balaban J connectivity index is 2.03. The molecule has 2 heterocycles. The molecule has 1 aromatic heterocycles. The van der Waals surface area contributed by atoms with Crippen molar-refractivity contribution in [2.24, 2.45) is 5.73 Å². The van der Waals surface area contributed by atoms with Gasteiger partial charge in [0.1, 0.15) is 16.5 Å². The molecule has 0 aromatic carbocycles. The summed E-state index contributed by atoms with van der Waals surface area (Å²) in [5.74, 6) is -0.372. The van der Waals surface area contributed by atoms with Crippen LogP contribution in [0.5, 0.6) is 0 Å². The fraction of sp³-hybridized carbons (Fsp3) is 0.438. The first-order valence-electron chi connectivity index (χ1n) is 7.93. The van der Waals surface area contributed by atoms with E-state index in [0.717, 1.165) is 11.8 Å². The van der Waals surface area contributed by atoms with Gasteiger partial charge in [0.05, 0.1) is 10.8 Å². The smallest absolute Gasteiger partial charge is 0.244 e. The molecule has 10 heteroatoms. The Labute approximate surface area is 157 Å². The number of nitrogens with two attached hydrogens (primary N) is 1. The molecular formula is C16H21N5O3S2. The first kappa shape index (κ1) is 20.4. The lowest BCUT2D eigenvalue weighted by Crippen LogP contribution is -2.47. The van der Waals surface area contributed by atoms with Gasteiger partial charge in [0, 0.05) is 38.1 Å². The van der Waals surface area contributed by atoms with Crippen molar-refractivity contribution in [1.29, 1.82) is 5.26 Å². The van der Waals surface area contributed by atoms with Crippen LogP contribution >= 0.6 is 11.8 Å². The quantitative estimate of drug-likeness (QED) is 0.418. The van der Waals surface area contributed by atoms with Crippen LogP contribution in [0, 0.1) is 11.3 Å². The second-order valence-electron chi connectivity index (χ2n) is 5.92. The molecule has 0 bridgehead atoms. The number of aromatic nitrogens is 1. The lowest BCUT2D eigenvalue weighted by atomic mass is 10.2. The zero-order chi connectivity index (χ0) is 19.3. The minimum atomic E-state index is -3.56. The summed E-state index contributed by atoms with van der Waals surface area (Å²) in [6.45, 7) is 3.78. The summed E-state index contributed by atoms with van der Waals surface area (Å²) in [6, 6.07) is 4.84. The number of piperazine rings is 1. The molecule has 0 unspecified atom stereocenters. The fourth-order valence-electron chi connectivity index (χ4n) is 2.36. The molecule has 2 N–H and O–H groups in total. The molecule has 0 saturated carbocycles. The average Bonchev–Trinajstić information content (AvgIpc) is 2.61. The number of carbonyl (C=O) groups excluding carboxylic acids is 1. The highest BCUT2D eigenvalue weighted by Crippen LogP contribution is 2.21. The predicted octanol–water partition coefficient (Wildman–Crippen LogP) is 0.435. The third-order valence-electron chi connectivity index (χ3n) is 3.95. The van der Waals surface area contributed by atoms with E-state index in [2.05, 4.69) is 9.88 Å². The lowest BCUT2D eigenvalue weighted by Gasteiger charge is -2.31. The number of nitriles is 1. The Morgan fingerprint density at radius 1 is 1.35 bits per heavy atom. The number of rotatable bonds is 6. The molecular weight excluding hydrogens is 374 g/mol. The number of allylic oxidation sites excluding steroid dienone is 2. The number of carbonyl (C=O) groups is 1. The van der Waals surface area contributed by atoms with Crippen LogP contribution in [-0.2, 0) is 14.8 Å². The van der Waals surface area contributed by atoms with Gasteiger partial charge < -0.3 is 10.6 Å². The van der Waals surface area contributed by atoms with E-state index in [9.17, 15) is 13.2 Å². The van der Waals surface area contributed by atoms with Gasteiger partial charge in [-0.25, -0.2) is 13.4 Å². The van der Waals surface area contributed by atoms with Gasteiger partial charge in [-0.15, -0.1) is 0 Å². The molecule has 140 valence electrons. The summed E-state index contributed by atoms with van der Waals surface area (Å²) in [5.41, 5.74) is 5.62. The highest BCUT2D eigenvalue weighted by Gasteiger charge is 2.27. The van der Waals surface area contributed by atoms with Gasteiger partial charge in [0.2, 0.25) is 10.0 Å². The number of sulfonamides is 1. The zero-order valence-corrected chi connectivity index (χ0v) is 16.3. The molecule has 1 aliphatic rings. The van der Waals surface area contributed by atoms with Gasteiger partial charge in [0.25, 0.3) is 0 Å². The third-order valence-corrected chi connectivity index (χ3v) is 6.77. The van der Waals surface area contributed by atoms with Crippen LogP contribution in [0.25, 0.3) is 0 Å². The maximum Gasteiger partial charge on any atom is 0.244 e. The summed E-state index contributed by atoms with van der Waals surface area (Å²) >= 11 is 1.13. The summed E-state index contributed by atoms with van der Waals surface area (Å²) < 4.78 is 26.7. The van der Waals surface area contributed by atoms with E-state index < -0.39 is 10.0 Å². The summed E-state index contributed by atoms with van der Waals surface area (Å²) in [5, 5.41) is 9.42. The molecule has 1 aliphatic heterocycles. The van der Waals surface area contributed by atoms with Crippen LogP contribution in [0.4, 0.5) is 0 Å². The summed E-state index contributed by atoms with van der Waals surface area (Å²) in [6.07, 6.45) is 1.30. The van der Waals surface area contributed by atoms with Gasteiger partial charge in [0.15, 0.2) is 5.78 Å². The van der Waals surface area contributed by atoms with Crippen molar-refractivity contribution in [2.45, 2.75) is 16.8 Å². The largest absolute Gasteiger partial charge is 0.401 e. The molecule has 0 amide bonds. The van der Waals surface area contributed by atoms with Crippen LogP contribution < -0.4 is 5.73 Å². The van der Waals surface area contributed by atoms with Gasteiger partial charge >= 0.3 is 0 Å². The minimum absolute atomic E-state index is 0.00892. The fourth-order valence-corrected chi connectivity index (χ4v) is 4.45. The maximum absolute atomic E-state index is 12.6. The Morgan fingerprint density at radius 3 is 2.50 bits per heavy atom. The average molecular weight is 396 g/mol. The minimum Gasteiger partial charge on any atom is -0.401 e. The number of hydrogen-bond donors (Lipinski definition) is 1. The van der Waals surface area contributed by atoms with Crippen LogP contribution in [0.15, 0.2) is 39.5 Å². The van der Waals surface area contributed by atoms with E-state index in [1.54, 1.807) is 12.1 Å². The monoisotopic (exact) mass is 395 g/mol. The standard InChI is InChI=1S/C16H21N5O3S2/c1-12(18)14(9-17)15(22)11-25-16-4-3-13(10-19-16)26(23,24)21-7-5-20(2)6-8-21/h3-4,10H,5-8,11,18H2,1-2H3/b14-12+. The molecule has 8 nitrogen and oxygen atoms in total. The number of Topliss-reactive ketones (excluding diaryl/α,β-unsaturated/α-hetero) is 1. The molecule has 0 aliphatic carbocycles. The third kappa shape index (κ3) is 4.82. The van der Waals surface area contributed by atoms with Gasteiger partial charge in [-0.2, -0.15) is 9.57 Å². The van der Waals surface area contributed by atoms with E-state index >= 15 is 0 Å². The molecule has 26 heavy (non-hydrogen) atoms. The number of thioether (sulfide) groups is 1. The normalized spacial score (nSPS) is 17.4.